The molecule has 0 fully saturated rings. The molecular weight excluding hydrogens is 389 g/mol. The van der Waals surface area contributed by atoms with Crippen LogP contribution in [0, 0.1) is 20.7 Å². The highest BCUT2D eigenvalue weighted by atomic mass is 32.1. The van der Waals surface area contributed by atoms with Crippen molar-refractivity contribution in [3.05, 3.63) is 62.7 Å². The van der Waals surface area contributed by atoms with Gasteiger partial charge < -0.3 is 9.47 Å². The first kappa shape index (κ1) is 19.2. The second-order valence-electron chi connectivity index (χ2n) is 5.41. The molecule has 28 heavy (non-hydrogen) atoms. The highest BCUT2D eigenvalue weighted by Crippen LogP contribution is 2.33. The zero-order valence-corrected chi connectivity index (χ0v) is 15.6. The largest absolute Gasteiger partial charge is 0.493 e. The monoisotopic (exact) mass is 403 g/mol. The van der Waals surface area contributed by atoms with Crippen LogP contribution in [0.1, 0.15) is 5.56 Å². The lowest BCUT2D eigenvalue weighted by molar-refractivity contribution is -0.385. The minimum Gasteiger partial charge on any atom is -0.493 e. The fraction of sp³-hybridized carbons (Fsp3) is 0.118. The van der Waals surface area contributed by atoms with Gasteiger partial charge in [-0.25, -0.2) is 9.49 Å². The molecule has 1 N–H and O–H groups in total. The molecule has 3 rings (SSSR count). The third-order valence-electron chi connectivity index (χ3n) is 3.81. The van der Waals surface area contributed by atoms with E-state index in [2.05, 4.69) is 15.3 Å². The fourth-order valence-electron chi connectivity index (χ4n) is 2.48. The van der Waals surface area contributed by atoms with E-state index in [1.807, 2.05) is 0 Å². The number of nitrogens with zero attached hydrogens (tertiary/aromatic N) is 4. The van der Waals surface area contributed by atoms with Gasteiger partial charge in [0, 0.05) is 0 Å². The molecular formula is C17H14FN5O4S. The molecule has 2 aromatic carbocycles. The topological polar surface area (TPSA) is 108 Å². The number of methoxy groups -OCH3 is 2. The number of nitro groups is 1. The van der Waals surface area contributed by atoms with Gasteiger partial charge in [0.25, 0.3) is 5.69 Å². The molecule has 0 aliphatic heterocycles. The number of rotatable bonds is 6. The van der Waals surface area contributed by atoms with Crippen molar-refractivity contribution in [1.29, 1.82) is 0 Å². The Balaban J connectivity index is 2.11. The lowest BCUT2D eigenvalue weighted by Crippen LogP contribution is -2.01. The molecule has 0 aliphatic carbocycles. The number of aromatic amines is 1. The van der Waals surface area contributed by atoms with Crippen LogP contribution in [-0.4, -0.2) is 40.2 Å². The maximum absolute atomic E-state index is 14.1. The lowest BCUT2D eigenvalue weighted by Gasteiger charge is -2.08. The number of nitro benzene ring substituents is 1. The molecule has 0 atom stereocenters. The maximum atomic E-state index is 14.1. The van der Waals surface area contributed by atoms with E-state index in [9.17, 15) is 14.5 Å². The number of ether oxygens (including phenoxy) is 2. The second-order valence-corrected chi connectivity index (χ2v) is 5.80. The minimum atomic E-state index is -0.574. The average molecular weight is 403 g/mol. The van der Waals surface area contributed by atoms with Gasteiger partial charge in [0.15, 0.2) is 17.3 Å². The summed E-state index contributed by atoms with van der Waals surface area (Å²) in [4.78, 5) is 10.8. The van der Waals surface area contributed by atoms with Gasteiger partial charge in [-0.3, -0.25) is 10.1 Å². The standard InChI is InChI=1S/C17H14FN5O4S/c1-26-14-7-10(13(23(24)25)8-15(14)27-2)9-19-22-16(20-21-17(22)28)11-5-3-4-6-12(11)18/h3-9H,1-2H3,(H,21,28)/b19-9-. The summed E-state index contributed by atoms with van der Waals surface area (Å²) < 4.78 is 25.6. The van der Waals surface area contributed by atoms with E-state index in [1.165, 1.54) is 49.4 Å². The molecule has 0 saturated carbocycles. The summed E-state index contributed by atoms with van der Waals surface area (Å²) in [6.07, 6.45) is 1.22. The maximum Gasteiger partial charge on any atom is 0.282 e. The van der Waals surface area contributed by atoms with Crippen molar-refractivity contribution in [2.45, 2.75) is 0 Å². The predicted octanol–water partition coefficient (Wildman–Crippen LogP) is 3.55. The SMILES string of the molecule is COc1cc(/C=N\n2c(-c3ccccc3F)n[nH]c2=S)c([N+](=O)[O-])cc1OC. The zero-order chi connectivity index (χ0) is 20.3. The van der Waals surface area contributed by atoms with Crippen LogP contribution >= 0.6 is 12.2 Å². The summed E-state index contributed by atoms with van der Waals surface area (Å²) in [5.74, 6) is 0.116. The third-order valence-corrected chi connectivity index (χ3v) is 4.07. The number of H-pyrrole nitrogens is 1. The summed E-state index contributed by atoms with van der Waals surface area (Å²) >= 11 is 5.13. The summed E-state index contributed by atoms with van der Waals surface area (Å²) in [5, 5.41) is 22.1. The number of halogens is 1. The Labute approximate surface area is 163 Å². The van der Waals surface area contributed by atoms with Gasteiger partial charge >= 0.3 is 0 Å². The molecule has 3 aromatic rings. The van der Waals surface area contributed by atoms with Gasteiger partial charge in [0.2, 0.25) is 4.77 Å². The van der Waals surface area contributed by atoms with Crippen LogP contribution in [0.4, 0.5) is 10.1 Å². The molecule has 0 unspecified atom stereocenters. The predicted molar refractivity (Wildman–Crippen MR) is 102 cm³/mol. The molecule has 0 bridgehead atoms. The molecule has 1 aromatic heterocycles. The molecule has 144 valence electrons. The Kier molecular flexibility index (Phi) is 5.45. The van der Waals surface area contributed by atoms with E-state index in [0.717, 1.165) is 0 Å². The average Bonchev–Trinajstić information content (AvgIpc) is 3.06. The van der Waals surface area contributed by atoms with Crippen LogP contribution in [0.2, 0.25) is 0 Å². The molecule has 11 heteroatoms. The molecule has 0 spiro atoms. The summed E-state index contributed by atoms with van der Waals surface area (Å²) in [6.45, 7) is 0. The Bertz CT molecular complexity index is 1120. The number of hydrogen-bond acceptors (Lipinski definition) is 7. The van der Waals surface area contributed by atoms with Crippen LogP contribution in [0.5, 0.6) is 11.5 Å². The van der Waals surface area contributed by atoms with Crippen LogP contribution in [0.15, 0.2) is 41.5 Å². The van der Waals surface area contributed by atoms with Crippen molar-refractivity contribution >= 4 is 24.1 Å². The van der Waals surface area contributed by atoms with Crippen molar-refractivity contribution in [1.82, 2.24) is 14.9 Å². The summed E-state index contributed by atoms with van der Waals surface area (Å²) in [5.41, 5.74) is 0.0721. The number of hydrogen-bond donors (Lipinski definition) is 1. The zero-order valence-electron chi connectivity index (χ0n) is 14.7. The Hall–Kier alpha value is -3.60. The number of benzene rings is 2. The molecule has 0 amide bonds. The van der Waals surface area contributed by atoms with Gasteiger partial charge in [-0.1, -0.05) is 12.1 Å². The fourth-order valence-corrected chi connectivity index (χ4v) is 2.66. The van der Waals surface area contributed by atoms with Crippen molar-refractivity contribution in [2.75, 3.05) is 14.2 Å². The van der Waals surface area contributed by atoms with E-state index >= 15 is 0 Å². The Morgan fingerprint density at radius 1 is 1.29 bits per heavy atom. The third kappa shape index (κ3) is 3.60. The number of nitrogens with one attached hydrogen (secondary N) is 1. The highest BCUT2D eigenvalue weighted by Gasteiger charge is 2.19. The summed E-state index contributed by atoms with van der Waals surface area (Å²) in [6, 6.07) is 8.62. The van der Waals surface area contributed by atoms with E-state index < -0.39 is 10.7 Å². The van der Waals surface area contributed by atoms with Crippen LogP contribution in [-0.2, 0) is 0 Å². The smallest absolute Gasteiger partial charge is 0.282 e. The van der Waals surface area contributed by atoms with E-state index in [1.54, 1.807) is 12.1 Å². The molecule has 9 nitrogen and oxygen atoms in total. The van der Waals surface area contributed by atoms with Crippen LogP contribution in [0.25, 0.3) is 11.4 Å². The molecule has 0 aliphatic rings. The van der Waals surface area contributed by atoms with Gasteiger partial charge in [0.05, 0.1) is 42.6 Å². The van der Waals surface area contributed by atoms with Crippen LogP contribution < -0.4 is 9.47 Å². The highest BCUT2D eigenvalue weighted by molar-refractivity contribution is 7.71. The molecule has 1 heterocycles. The van der Waals surface area contributed by atoms with Gasteiger partial charge in [0.1, 0.15) is 5.82 Å². The number of aromatic nitrogens is 3. The Morgan fingerprint density at radius 3 is 2.61 bits per heavy atom. The quantitative estimate of drug-likeness (QED) is 0.292. The van der Waals surface area contributed by atoms with Crippen molar-refractivity contribution < 1.29 is 18.8 Å². The van der Waals surface area contributed by atoms with Crippen molar-refractivity contribution in [3.63, 3.8) is 0 Å². The van der Waals surface area contributed by atoms with E-state index in [-0.39, 0.29) is 33.2 Å². The van der Waals surface area contributed by atoms with E-state index in [4.69, 9.17) is 21.7 Å². The van der Waals surface area contributed by atoms with Gasteiger partial charge in [-0.05, 0) is 30.4 Å². The van der Waals surface area contributed by atoms with E-state index in [0.29, 0.717) is 5.75 Å². The lowest BCUT2D eigenvalue weighted by atomic mass is 10.1. The van der Waals surface area contributed by atoms with Gasteiger partial charge in [-0.2, -0.15) is 14.9 Å². The molecule has 0 radical (unpaired) electrons. The second kappa shape index (κ2) is 7.96. The first-order valence-electron chi connectivity index (χ1n) is 7.83. The molecule has 0 saturated heterocycles. The van der Waals surface area contributed by atoms with Crippen molar-refractivity contribution in [3.8, 4) is 22.9 Å². The normalized spacial score (nSPS) is 11.0. The first-order chi connectivity index (χ1) is 13.5. The first-order valence-corrected chi connectivity index (χ1v) is 8.24. The van der Waals surface area contributed by atoms with Gasteiger partial charge in [-0.15, -0.1) is 0 Å². The Morgan fingerprint density at radius 2 is 1.96 bits per heavy atom. The minimum absolute atomic E-state index is 0.0950. The van der Waals surface area contributed by atoms with Crippen LogP contribution in [0.3, 0.4) is 0 Å². The van der Waals surface area contributed by atoms with Crippen molar-refractivity contribution in [2.24, 2.45) is 5.10 Å². The summed E-state index contributed by atoms with van der Waals surface area (Å²) in [7, 11) is 2.79.